The molecule has 9 heteroatoms. The number of ketones is 1. The van der Waals surface area contributed by atoms with E-state index in [0.717, 1.165) is 33.2 Å². The molecule has 4 nitrogen and oxygen atoms in total. The van der Waals surface area contributed by atoms with E-state index in [4.69, 9.17) is 5.73 Å². The molecule has 1 unspecified atom stereocenters. The summed E-state index contributed by atoms with van der Waals surface area (Å²) in [4.78, 5) is 15.7. The van der Waals surface area contributed by atoms with Crippen LogP contribution in [0.3, 0.4) is 0 Å². The van der Waals surface area contributed by atoms with E-state index in [1.807, 2.05) is 26.0 Å². The number of hydrogen-bond acceptors (Lipinski definition) is 5. The monoisotopic (exact) mass is 577 g/mol. The van der Waals surface area contributed by atoms with E-state index in [1.54, 1.807) is 12.1 Å². The van der Waals surface area contributed by atoms with Gasteiger partial charge in [-0.15, -0.1) is 11.8 Å². The molecule has 0 amide bonds. The first kappa shape index (κ1) is 28.5. The van der Waals surface area contributed by atoms with E-state index >= 15 is 0 Å². The molecule has 1 aliphatic carbocycles. The number of para-hydroxylation sites is 1. The Morgan fingerprint density at radius 3 is 2.44 bits per heavy atom. The number of aryl methyl sites for hydroxylation is 2. The number of anilines is 1. The molecule has 5 rings (SSSR count). The molecule has 0 fully saturated rings. The van der Waals surface area contributed by atoms with Gasteiger partial charge in [0.1, 0.15) is 11.6 Å². The third-order valence-corrected chi connectivity index (χ3v) is 8.67. The second kappa shape index (κ2) is 11.1. The smallest absolute Gasteiger partial charge is 0.384 e. The summed E-state index contributed by atoms with van der Waals surface area (Å²) >= 11 is 1.53. The molecular weight excluding hydrogens is 550 g/mol. The number of carbonyl (C=O) groups is 1. The Morgan fingerprint density at radius 1 is 1.05 bits per heavy atom. The predicted molar refractivity (Wildman–Crippen MR) is 151 cm³/mol. The van der Waals surface area contributed by atoms with Crippen molar-refractivity contribution in [3.05, 3.63) is 117 Å². The molecule has 0 aromatic heterocycles. The lowest BCUT2D eigenvalue weighted by Crippen LogP contribution is -2.39. The number of thioether (sulfide) groups is 1. The van der Waals surface area contributed by atoms with Crippen LogP contribution in [-0.2, 0) is 16.7 Å². The highest BCUT2D eigenvalue weighted by atomic mass is 32.2. The zero-order valence-corrected chi connectivity index (χ0v) is 23.3. The maximum absolute atomic E-state index is 14.0. The molecular formula is C32H27F4N3OS. The van der Waals surface area contributed by atoms with Gasteiger partial charge in [0.05, 0.1) is 28.8 Å². The van der Waals surface area contributed by atoms with Crippen LogP contribution in [0.15, 0.2) is 88.2 Å². The molecule has 2 aliphatic rings. The van der Waals surface area contributed by atoms with Gasteiger partial charge in [-0.1, -0.05) is 24.3 Å². The Kier molecular flexibility index (Phi) is 7.71. The van der Waals surface area contributed by atoms with Crippen molar-refractivity contribution >= 4 is 23.2 Å². The number of carbonyl (C=O) groups excluding carboxylic acids is 1. The molecule has 2 N–H and O–H groups in total. The summed E-state index contributed by atoms with van der Waals surface area (Å²) in [6, 6.07) is 17.4. The van der Waals surface area contributed by atoms with Crippen molar-refractivity contribution in [1.82, 2.24) is 0 Å². The third kappa shape index (κ3) is 5.36. The summed E-state index contributed by atoms with van der Waals surface area (Å²) in [6.45, 7) is 3.86. The van der Waals surface area contributed by atoms with E-state index in [2.05, 4.69) is 6.07 Å². The largest absolute Gasteiger partial charge is 0.418 e. The van der Waals surface area contributed by atoms with Gasteiger partial charge in [0.15, 0.2) is 5.78 Å². The molecule has 1 atom stereocenters. The van der Waals surface area contributed by atoms with E-state index in [0.29, 0.717) is 29.9 Å². The first-order valence-electron chi connectivity index (χ1n) is 13.1. The van der Waals surface area contributed by atoms with Crippen molar-refractivity contribution in [2.75, 3.05) is 4.90 Å². The zero-order chi connectivity index (χ0) is 29.5. The lowest BCUT2D eigenvalue weighted by atomic mass is 9.74. The molecule has 1 aliphatic heterocycles. The SMILES string of the molecule is Cc1cc(C)c(C2C(C#N)=C(N)N(c3ccccc3C(F)(F)F)C3=C2C(=O)CCC3)cc1CSc1ccc(F)cc1. The highest BCUT2D eigenvalue weighted by Gasteiger charge is 2.43. The number of allylic oxidation sites excluding steroid dienone is 3. The van der Waals surface area contributed by atoms with Crippen LogP contribution >= 0.6 is 11.8 Å². The highest BCUT2D eigenvalue weighted by molar-refractivity contribution is 7.98. The molecule has 1 heterocycles. The second-order valence-corrected chi connectivity index (χ2v) is 11.3. The fourth-order valence-electron chi connectivity index (χ4n) is 5.66. The van der Waals surface area contributed by atoms with Crippen LogP contribution in [0.25, 0.3) is 0 Å². The van der Waals surface area contributed by atoms with Crippen molar-refractivity contribution in [1.29, 1.82) is 5.26 Å². The van der Waals surface area contributed by atoms with Crippen molar-refractivity contribution in [2.45, 2.75) is 55.9 Å². The van der Waals surface area contributed by atoms with Crippen LogP contribution in [0, 0.1) is 31.0 Å². The molecule has 3 aromatic rings. The number of nitrogens with zero attached hydrogens (tertiary/aromatic N) is 2. The Bertz CT molecular complexity index is 1630. The summed E-state index contributed by atoms with van der Waals surface area (Å²) in [7, 11) is 0. The first-order chi connectivity index (χ1) is 19.5. The third-order valence-electron chi connectivity index (χ3n) is 7.61. The summed E-state index contributed by atoms with van der Waals surface area (Å²) < 4.78 is 55.5. The number of rotatable bonds is 5. The van der Waals surface area contributed by atoms with Crippen LogP contribution in [0.2, 0.25) is 0 Å². The fraction of sp³-hybridized carbons (Fsp3) is 0.250. The lowest BCUT2D eigenvalue weighted by Gasteiger charge is -2.40. The lowest BCUT2D eigenvalue weighted by molar-refractivity contribution is -0.137. The number of benzene rings is 3. The van der Waals surface area contributed by atoms with Gasteiger partial charge in [-0.05, 0) is 85.3 Å². The molecule has 0 radical (unpaired) electrons. The van der Waals surface area contributed by atoms with E-state index in [9.17, 15) is 27.6 Å². The molecule has 0 saturated heterocycles. The number of nitriles is 1. The Labute approximate surface area is 240 Å². The number of hydrogen-bond donors (Lipinski definition) is 1. The first-order valence-corrected chi connectivity index (χ1v) is 14.1. The number of halogens is 4. The Balaban J connectivity index is 1.65. The number of alkyl halides is 3. The average molecular weight is 578 g/mol. The maximum atomic E-state index is 14.0. The maximum Gasteiger partial charge on any atom is 0.418 e. The normalized spacial score (nSPS) is 17.5. The minimum Gasteiger partial charge on any atom is -0.384 e. The van der Waals surface area contributed by atoms with Gasteiger partial charge >= 0.3 is 6.18 Å². The van der Waals surface area contributed by atoms with Gasteiger partial charge in [0.25, 0.3) is 0 Å². The summed E-state index contributed by atoms with van der Waals surface area (Å²) in [5.74, 6) is -0.865. The van der Waals surface area contributed by atoms with E-state index < -0.39 is 17.7 Å². The second-order valence-electron chi connectivity index (χ2n) is 10.2. The van der Waals surface area contributed by atoms with Gasteiger partial charge in [0, 0.05) is 28.3 Å². The van der Waals surface area contributed by atoms with Crippen LogP contribution in [-0.4, -0.2) is 5.78 Å². The van der Waals surface area contributed by atoms with Crippen LogP contribution in [0.1, 0.15) is 53.0 Å². The summed E-state index contributed by atoms with van der Waals surface area (Å²) in [6.07, 6.45) is -3.61. The average Bonchev–Trinajstić information content (AvgIpc) is 2.93. The molecule has 0 spiro atoms. The molecule has 3 aromatic carbocycles. The molecule has 0 saturated carbocycles. The minimum atomic E-state index is -4.66. The summed E-state index contributed by atoms with van der Waals surface area (Å²) in [5.41, 5.74) is 9.77. The molecule has 41 heavy (non-hydrogen) atoms. The molecule has 0 bridgehead atoms. The van der Waals surface area contributed by atoms with Gasteiger partial charge in [0.2, 0.25) is 0 Å². The summed E-state index contributed by atoms with van der Waals surface area (Å²) in [5, 5.41) is 10.3. The van der Waals surface area contributed by atoms with Crippen LogP contribution < -0.4 is 10.6 Å². The van der Waals surface area contributed by atoms with E-state index in [-0.39, 0.29) is 35.1 Å². The van der Waals surface area contributed by atoms with Crippen molar-refractivity contribution in [2.24, 2.45) is 5.73 Å². The Morgan fingerprint density at radius 2 is 1.76 bits per heavy atom. The Hall–Kier alpha value is -4.03. The van der Waals surface area contributed by atoms with Gasteiger partial charge in [-0.25, -0.2) is 4.39 Å². The predicted octanol–water partition coefficient (Wildman–Crippen LogP) is 8.06. The highest BCUT2D eigenvalue weighted by Crippen LogP contribution is 2.49. The van der Waals surface area contributed by atoms with Gasteiger partial charge in [-0.3, -0.25) is 9.69 Å². The standard InChI is InChI=1S/C32H27F4N3OS/c1-18-14-19(2)23(15-20(18)17-41-22-12-10-21(33)11-13-22)29-24(16-37)31(38)39(27-8-5-9-28(40)30(27)29)26-7-4-3-6-25(26)32(34,35)36/h3-4,6-7,10-15,29H,5,8-9,17,38H2,1-2H3. The van der Waals surface area contributed by atoms with Gasteiger partial charge in [-0.2, -0.15) is 18.4 Å². The van der Waals surface area contributed by atoms with Gasteiger partial charge < -0.3 is 5.73 Å². The van der Waals surface area contributed by atoms with Crippen molar-refractivity contribution in [3.63, 3.8) is 0 Å². The molecule has 210 valence electrons. The minimum absolute atomic E-state index is 0.0417. The number of Topliss-reactive ketones (excluding diaryl/α,β-unsaturated/α-hetero) is 1. The topological polar surface area (TPSA) is 70.1 Å². The van der Waals surface area contributed by atoms with Crippen LogP contribution in [0.5, 0.6) is 0 Å². The fourth-order valence-corrected chi connectivity index (χ4v) is 6.62. The van der Waals surface area contributed by atoms with E-state index in [1.165, 1.54) is 47.0 Å². The quantitative estimate of drug-likeness (QED) is 0.245. The number of nitrogens with two attached hydrogens (primary N) is 1. The van der Waals surface area contributed by atoms with Crippen molar-refractivity contribution < 1.29 is 22.4 Å². The van der Waals surface area contributed by atoms with Crippen LogP contribution in [0.4, 0.5) is 23.2 Å². The van der Waals surface area contributed by atoms with Crippen molar-refractivity contribution in [3.8, 4) is 6.07 Å². The zero-order valence-electron chi connectivity index (χ0n) is 22.5.